The molecule has 5 heteroatoms. The van der Waals surface area contributed by atoms with Gasteiger partial charge in [0.2, 0.25) is 0 Å². The maximum atomic E-state index is 9.20. The van der Waals surface area contributed by atoms with Crippen LogP contribution in [0.2, 0.25) is 0 Å². The molecular formula is C11H19N3O2. The molecule has 1 heterocycles. The number of ether oxygens (including phenoxy) is 1. The lowest BCUT2D eigenvalue weighted by atomic mass is 10.1. The van der Waals surface area contributed by atoms with E-state index in [1.54, 1.807) is 7.11 Å². The molecule has 1 aromatic rings. The topological polar surface area (TPSA) is 60.2 Å². The van der Waals surface area contributed by atoms with Gasteiger partial charge >= 0.3 is 0 Å². The lowest BCUT2D eigenvalue weighted by Crippen LogP contribution is -2.14. The van der Waals surface area contributed by atoms with Gasteiger partial charge in [0.05, 0.1) is 6.61 Å². The Balaban J connectivity index is 2.18. The number of aliphatic hydroxyl groups is 1. The summed E-state index contributed by atoms with van der Waals surface area (Å²) in [6, 6.07) is 0. The Kier molecular flexibility index (Phi) is 3.56. The van der Waals surface area contributed by atoms with E-state index < -0.39 is 0 Å². The second kappa shape index (κ2) is 4.93. The molecule has 0 aromatic carbocycles. The first kappa shape index (κ1) is 11.5. The molecule has 0 saturated heterocycles. The highest BCUT2D eigenvalue weighted by molar-refractivity contribution is 5.05. The van der Waals surface area contributed by atoms with Gasteiger partial charge < -0.3 is 14.4 Å². The summed E-state index contributed by atoms with van der Waals surface area (Å²) in [6.45, 7) is 3.46. The van der Waals surface area contributed by atoms with Gasteiger partial charge in [-0.25, -0.2) is 0 Å². The first-order chi connectivity index (χ1) is 7.77. The van der Waals surface area contributed by atoms with Crippen LogP contribution in [0.1, 0.15) is 37.3 Å². The Morgan fingerprint density at radius 1 is 1.50 bits per heavy atom. The fourth-order valence-electron chi connectivity index (χ4n) is 2.04. The summed E-state index contributed by atoms with van der Waals surface area (Å²) >= 11 is 0. The molecule has 0 spiro atoms. The molecule has 0 aliphatic heterocycles. The predicted octanol–water partition coefficient (Wildman–Crippen LogP) is 0.930. The minimum absolute atomic E-state index is 0.0614. The Hall–Kier alpha value is -0.940. The molecule has 1 N–H and O–H groups in total. The van der Waals surface area contributed by atoms with Crippen LogP contribution in [0.3, 0.4) is 0 Å². The van der Waals surface area contributed by atoms with Gasteiger partial charge in [-0.05, 0) is 18.8 Å². The van der Waals surface area contributed by atoms with Crippen LogP contribution in [0, 0.1) is 5.92 Å². The molecule has 1 atom stereocenters. The normalized spacial score (nSPS) is 17.7. The summed E-state index contributed by atoms with van der Waals surface area (Å²) in [5, 5.41) is 17.4. The molecule has 0 radical (unpaired) electrons. The molecule has 1 saturated carbocycles. The fourth-order valence-corrected chi connectivity index (χ4v) is 2.04. The maximum absolute atomic E-state index is 9.20. The zero-order valence-corrected chi connectivity index (χ0v) is 9.89. The molecular weight excluding hydrogens is 206 g/mol. The number of hydrogen-bond acceptors (Lipinski definition) is 4. The van der Waals surface area contributed by atoms with Gasteiger partial charge in [-0.15, -0.1) is 10.2 Å². The summed E-state index contributed by atoms with van der Waals surface area (Å²) < 4.78 is 7.06. The molecule has 1 aliphatic rings. The highest BCUT2D eigenvalue weighted by Gasteiger charge is 2.32. The van der Waals surface area contributed by atoms with Crippen LogP contribution < -0.4 is 0 Å². The highest BCUT2D eigenvalue weighted by Crippen LogP contribution is 2.41. The number of aromatic nitrogens is 3. The van der Waals surface area contributed by atoms with Crippen molar-refractivity contribution in [3.63, 3.8) is 0 Å². The molecule has 0 amide bonds. The lowest BCUT2D eigenvalue weighted by molar-refractivity contribution is 0.181. The number of hydrogen-bond donors (Lipinski definition) is 1. The molecule has 1 aliphatic carbocycles. The van der Waals surface area contributed by atoms with Crippen molar-refractivity contribution in [3.8, 4) is 0 Å². The van der Waals surface area contributed by atoms with E-state index in [0.717, 1.165) is 11.7 Å². The minimum atomic E-state index is -0.0614. The van der Waals surface area contributed by atoms with E-state index in [4.69, 9.17) is 4.74 Å². The molecule has 90 valence electrons. The Labute approximate surface area is 95.4 Å². The van der Waals surface area contributed by atoms with Crippen molar-refractivity contribution in [2.45, 2.75) is 38.8 Å². The van der Waals surface area contributed by atoms with Crippen LogP contribution in [0.5, 0.6) is 0 Å². The van der Waals surface area contributed by atoms with Gasteiger partial charge in [-0.1, -0.05) is 6.92 Å². The summed E-state index contributed by atoms with van der Waals surface area (Å²) in [6.07, 6.45) is 2.57. The molecule has 0 bridgehead atoms. The van der Waals surface area contributed by atoms with Crippen molar-refractivity contribution in [1.29, 1.82) is 0 Å². The van der Waals surface area contributed by atoms with E-state index in [-0.39, 0.29) is 6.61 Å². The van der Waals surface area contributed by atoms with Crippen LogP contribution >= 0.6 is 0 Å². The van der Waals surface area contributed by atoms with Crippen molar-refractivity contribution in [3.05, 3.63) is 11.6 Å². The highest BCUT2D eigenvalue weighted by atomic mass is 16.5. The van der Waals surface area contributed by atoms with Crippen LogP contribution in [0.25, 0.3) is 0 Å². The van der Waals surface area contributed by atoms with Gasteiger partial charge in [-0.2, -0.15) is 0 Å². The number of methoxy groups -OCH3 is 1. The summed E-state index contributed by atoms with van der Waals surface area (Å²) in [5.41, 5.74) is 0. The first-order valence-electron chi connectivity index (χ1n) is 5.79. The van der Waals surface area contributed by atoms with E-state index in [0.29, 0.717) is 24.9 Å². The van der Waals surface area contributed by atoms with Gasteiger partial charge in [0, 0.05) is 19.6 Å². The van der Waals surface area contributed by atoms with E-state index in [9.17, 15) is 5.11 Å². The minimum Gasteiger partial charge on any atom is -0.388 e. The zero-order chi connectivity index (χ0) is 11.5. The van der Waals surface area contributed by atoms with Crippen molar-refractivity contribution in [1.82, 2.24) is 14.8 Å². The van der Waals surface area contributed by atoms with Crippen LogP contribution in [0.15, 0.2) is 0 Å². The van der Waals surface area contributed by atoms with Crippen molar-refractivity contribution in [2.24, 2.45) is 5.92 Å². The van der Waals surface area contributed by atoms with Gasteiger partial charge in [0.15, 0.2) is 5.82 Å². The standard InChI is InChI=1S/C11H19N3O2/c1-8(9-3-4-9)11-13-12-10(7-15)14(11)5-6-16-2/h8-9,15H,3-7H2,1-2H3. The zero-order valence-electron chi connectivity index (χ0n) is 9.89. The summed E-state index contributed by atoms with van der Waals surface area (Å²) in [7, 11) is 1.67. The Morgan fingerprint density at radius 3 is 2.81 bits per heavy atom. The third-order valence-electron chi connectivity index (χ3n) is 3.25. The Morgan fingerprint density at radius 2 is 2.25 bits per heavy atom. The monoisotopic (exact) mass is 225 g/mol. The first-order valence-corrected chi connectivity index (χ1v) is 5.79. The maximum Gasteiger partial charge on any atom is 0.158 e. The fraction of sp³-hybridized carbons (Fsp3) is 0.818. The smallest absolute Gasteiger partial charge is 0.158 e. The quantitative estimate of drug-likeness (QED) is 0.782. The van der Waals surface area contributed by atoms with Gasteiger partial charge in [0.25, 0.3) is 0 Å². The summed E-state index contributed by atoms with van der Waals surface area (Å²) in [5.74, 6) is 2.81. The molecule has 1 fully saturated rings. The van der Waals surface area contributed by atoms with Gasteiger partial charge in [-0.3, -0.25) is 0 Å². The average Bonchev–Trinajstić information content (AvgIpc) is 3.06. The van der Waals surface area contributed by atoms with Crippen molar-refractivity contribution >= 4 is 0 Å². The predicted molar refractivity (Wildman–Crippen MR) is 59.0 cm³/mol. The Bertz CT molecular complexity index is 347. The van der Waals surface area contributed by atoms with Crippen molar-refractivity contribution < 1.29 is 9.84 Å². The van der Waals surface area contributed by atoms with Crippen LogP contribution in [-0.2, 0) is 17.9 Å². The van der Waals surface area contributed by atoms with E-state index >= 15 is 0 Å². The van der Waals surface area contributed by atoms with Gasteiger partial charge in [0.1, 0.15) is 12.4 Å². The second-order valence-corrected chi connectivity index (χ2v) is 4.40. The number of rotatable bonds is 6. The molecule has 16 heavy (non-hydrogen) atoms. The van der Waals surface area contributed by atoms with Crippen molar-refractivity contribution in [2.75, 3.05) is 13.7 Å². The van der Waals surface area contributed by atoms with Crippen LogP contribution in [0.4, 0.5) is 0 Å². The molecule has 1 unspecified atom stereocenters. The number of nitrogens with zero attached hydrogens (tertiary/aromatic N) is 3. The van der Waals surface area contributed by atoms with E-state index in [2.05, 4.69) is 17.1 Å². The SMILES string of the molecule is COCCn1c(CO)nnc1C(C)C1CC1. The molecule has 5 nitrogen and oxygen atoms in total. The average molecular weight is 225 g/mol. The third kappa shape index (κ3) is 2.25. The largest absolute Gasteiger partial charge is 0.388 e. The molecule has 2 rings (SSSR count). The van der Waals surface area contributed by atoms with Crippen LogP contribution in [-0.4, -0.2) is 33.6 Å². The summed E-state index contributed by atoms with van der Waals surface area (Å²) in [4.78, 5) is 0. The second-order valence-electron chi connectivity index (χ2n) is 4.40. The van der Waals surface area contributed by atoms with E-state index in [1.165, 1.54) is 12.8 Å². The van der Waals surface area contributed by atoms with E-state index in [1.807, 2.05) is 4.57 Å². The molecule has 1 aromatic heterocycles. The lowest BCUT2D eigenvalue weighted by Gasteiger charge is -2.13. The number of aliphatic hydroxyl groups excluding tert-OH is 1. The third-order valence-corrected chi connectivity index (χ3v) is 3.25.